The Balaban J connectivity index is 0.000000810. The molecule has 4 heteroatoms. The summed E-state index contributed by atoms with van der Waals surface area (Å²) in [7, 11) is 0. The molecule has 2 N–H and O–H groups in total. The van der Waals surface area contributed by atoms with Crippen molar-refractivity contribution in [1.29, 1.82) is 0 Å². The SMILES string of the molecule is Cc1ccc(N)c(Cl)n1.Cl. The molecule has 0 aliphatic carbocycles. The second kappa shape index (κ2) is 3.64. The Morgan fingerprint density at radius 1 is 1.50 bits per heavy atom. The summed E-state index contributed by atoms with van der Waals surface area (Å²) in [4.78, 5) is 3.91. The van der Waals surface area contributed by atoms with Gasteiger partial charge in [-0.15, -0.1) is 12.4 Å². The van der Waals surface area contributed by atoms with Crippen LogP contribution in [-0.4, -0.2) is 4.98 Å². The molecule has 0 saturated heterocycles. The zero-order valence-electron chi connectivity index (χ0n) is 5.47. The standard InChI is InChI=1S/C6H7ClN2.ClH/c1-4-2-3-5(8)6(7)9-4;/h2-3H,8H2,1H3;1H. The van der Waals surface area contributed by atoms with E-state index in [1.165, 1.54) is 0 Å². The Hall–Kier alpha value is -0.470. The first-order valence-corrected chi connectivity index (χ1v) is 2.96. The van der Waals surface area contributed by atoms with Crippen molar-refractivity contribution in [2.24, 2.45) is 0 Å². The van der Waals surface area contributed by atoms with Crippen molar-refractivity contribution in [3.05, 3.63) is 23.0 Å². The maximum atomic E-state index is 5.58. The van der Waals surface area contributed by atoms with Crippen molar-refractivity contribution < 1.29 is 0 Å². The molecule has 1 aromatic heterocycles. The number of hydrogen-bond donors (Lipinski definition) is 1. The third-order valence-electron chi connectivity index (χ3n) is 1.02. The molecule has 0 unspecified atom stereocenters. The van der Waals surface area contributed by atoms with Gasteiger partial charge in [0.1, 0.15) is 0 Å². The van der Waals surface area contributed by atoms with Crippen LogP contribution >= 0.6 is 24.0 Å². The van der Waals surface area contributed by atoms with Crippen LogP contribution in [0, 0.1) is 6.92 Å². The molecule has 0 atom stereocenters. The molecule has 1 heterocycles. The van der Waals surface area contributed by atoms with E-state index in [0.717, 1.165) is 5.69 Å². The number of aryl methyl sites for hydroxylation is 1. The number of nitrogen functional groups attached to an aromatic ring is 1. The number of halogens is 2. The van der Waals surface area contributed by atoms with Gasteiger partial charge in [-0.25, -0.2) is 4.98 Å². The summed E-state index contributed by atoms with van der Waals surface area (Å²) in [5.74, 6) is 0. The third kappa shape index (κ3) is 2.05. The average molecular weight is 179 g/mol. The number of anilines is 1. The highest BCUT2D eigenvalue weighted by atomic mass is 35.5. The van der Waals surface area contributed by atoms with Gasteiger partial charge in [0.2, 0.25) is 0 Å². The first-order valence-electron chi connectivity index (χ1n) is 2.59. The van der Waals surface area contributed by atoms with E-state index in [1.54, 1.807) is 6.07 Å². The minimum Gasteiger partial charge on any atom is -0.396 e. The molecule has 2 nitrogen and oxygen atoms in total. The van der Waals surface area contributed by atoms with Crippen molar-refractivity contribution in [2.45, 2.75) is 6.92 Å². The molecule has 0 radical (unpaired) electrons. The number of nitrogens with two attached hydrogens (primary N) is 1. The fourth-order valence-electron chi connectivity index (χ4n) is 0.536. The van der Waals surface area contributed by atoms with Gasteiger partial charge >= 0.3 is 0 Å². The molecule has 0 amide bonds. The second-order valence-electron chi connectivity index (χ2n) is 1.83. The first kappa shape index (κ1) is 9.53. The van der Waals surface area contributed by atoms with E-state index in [-0.39, 0.29) is 12.4 Å². The smallest absolute Gasteiger partial charge is 0.152 e. The van der Waals surface area contributed by atoms with Gasteiger partial charge in [-0.2, -0.15) is 0 Å². The van der Waals surface area contributed by atoms with Crippen LogP contribution in [0.4, 0.5) is 5.69 Å². The Kier molecular flexibility index (Phi) is 3.47. The molecular formula is C6H8Cl2N2. The minimum atomic E-state index is 0. The van der Waals surface area contributed by atoms with Gasteiger partial charge in [-0.05, 0) is 19.1 Å². The van der Waals surface area contributed by atoms with Crippen molar-refractivity contribution in [1.82, 2.24) is 4.98 Å². The van der Waals surface area contributed by atoms with Crippen LogP contribution in [0.25, 0.3) is 0 Å². The molecule has 10 heavy (non-hydrogen) atoms. The van der Waals surface area contributed by atoms with Crippen molar-refractivity contribution in [2.75, 3.05) is 5.73 Å². The molecule has 1 aromatic rings. The summed E-state index contributed by atoms with van der Waals surface area (Å²) in [5.41, 5.74) is 6.81. The van der Waals surface area contributed by atoms with Gasteiger partial charge in [-0.3, -0.25) is 0 Å². The first-order chi connectivity index (χ1) is 4.20. The van der Waals surface area contributed by atoms with Gasteiger partial charge < -0.3 is 5.73 Å². The fraction of sp³-hybridized carbons (Fsp3) is 0.167. The van der Waals surface area contributed by atoms with Gasteiger partial charge in [0.15, 0.2) is 5.15 Å². The lowest BCUT2D eigenvalue weighted by Gasteiger charge is -1.95. The largest absolute Gasteiger partial charge is 0.396 e. The summed E-state index contributed by atoms with van der Waals surface area (Å²) >= 11 is 5.58. The van der Waals surface area contributed by atoms with E-state index in [2.05, 4.69) is 4.98 Å². The molecule has 56 valence electrons. The van der Waals surface area contributed by atoms with Crippen LogP contribution in [-0.2, 0) is 0 Å². The molecule has 0 spiro atoms. The normalized spacial score (nSPS) is 8.60. The number of aromatic nitrogens is 1. The summed E-state index contributed by atoms with van der Waals surface area (Å²) in [6.07, 6.45) is 0. The highest BCUT2D eigenvalue weighted by Crippen LogP contribution is 2.14. The van der Waals surface area contributed by atoms with Crippen LogP contribution < -0.4 is 5.73 Å². The van der Waals surface area contributed by atoms with Crippen LogP contribution in [0.1, 0.15) is 5.69 Å². The molecule has 0 fully saturated rings. The lowest BCUT2D eigenvalue weighted by molar-refractivity contribution is 1.20. The topological polar surface area (TPSA) is 38.9 Å². The molecule has 0 aliphatic heterocycles. The minimum absolute atomic E-state index is 0. The van der Waals surface area contributed by atoms with E-state index < -0.39 is 0 Å². The lowest BCUT2D eigenvalue weighted by Crippen LogP contribution is -1.89. The van der Waals surface area contributed by atoms with E-state index in [1.807, 2.05) is 13.0 Å². The average Bonchev–Trinajstić information content (AvgIpc) is 1.80. The van der Waals surface area contributed by atoms with Crippen LogP contribution in [0.2, 0.25) is 5.15 Å². The highest BCUT2D eigenvalue weighted by molar-refractivity contribution is 6.31. The lowest BCUT2D eigenvalue weighted by atomic mass is 10.3. The second-order valence-corrected chi connectivity index (χ2v) is 2.19. The number of nitrogens with zero attached hydrogens (tertiary/aromatic N) is 1. The van der Waals surface area contributed by atoms with E-state index in [0.29, 0.717) is 10.8 Å². The maximum absolute atomic E-state index is 5.58. The Labute approximate surface area is 70.8 Å². The number of hydrogen-bond acceptors (Lipinski definition) is 2. The highest BCUT2D eigenvalue weighted by Gasteiger charge is 1.93. The Morgan fingerprint density at radius 2 is 2.10 bits per heavy atom. The molecular weight excluding hydrogens is 171 g/mol. The predicted molar refractivity (Wildman–Crippen MR) is 45.6 cm³/mol. The van der Waals surface area contributed by atoms with E-state index >= 15 is 0 Å². The number of rotatable bonds is 0. The summed E-state index contributed by atoms with van der Waals surface area (Å²) in [6, 6.07) is 3.56. The van der Waals surface area contributed by atoms with Crippen molar-refractivity contribution >= 4 is 29.7 Å². The van der Waals surface area contributed by atoms with Crippen molar-refractivity contribution in [3.8, 4) is 0 Å². The van der Waals surface area contributed by atoms with E-state index in [4.69, 9.17) is 17.3 Å². The molecule has 0 saturated carbocycles. The van der Waals surface area contributed by atoms with Crippen LogP contribution in [0.5, 0.6) is 0 Å². The zero-order valence-corrected chi connectivity index (χ0v) is 7.04. The number of pyridine rings is 1. The predicted octanol–water partition coefficient (Wildman–Crippen LogP) is 2.05. The van der Waals surface area contributed by atoms with Gasteiger partial charge in [0.05, 0.1) is 5.69 Å². The monoisotopic (exact) mass is 178 g/mol. The quantitative estimate of drug-likeness (QED) is 0.619. The summed E-state index contributed by atoms with van der Waals surface area (Å²) in [5, 5.41) is 0.384. The summed E-state index contributed by atoms with van der Waals surface area (Å²) in [6.45, 7) is 1.87. The Morgan fingerprint density at radius 3 is 2.50 bits per heavy atom. The van der Waals surface area contributed by atoms with E-state index in [9.17, 15) is 0 Å². The maximum Gasteiger partial charge on any atom is 0.152 e. The molecule has 0 bridgehead atoms. The van der Waals surface area contributed by atoms with Crippen LogP contribution in [0.3, 0.4) is 0 Å². The molecule has 0 aromatic carbocycles. The zero-order chi connectivity index (χ0) is 6.85. The Bertz CT molecular complexity index is 225. The molecule has 0 aliphatic rings. The van der Waals surface area contributed by atoms with Crippen LogP contribution in [0.15, 0.2) is 12.1 Å². The van der Waals surface area contributed by atoms with Crippen molar-refractivity contribution in [3.63, 3.8) is 0 Å². The third-order valence-corrected chi connectivity index (χ3v) is 1.32. The fourth-order valence-corrected chi connectivity index (χ4v) is 0.732. The van der Waals surface area contributed by atoms with Gasteiger partial charge in [0, 0.05) is 5.69 Å². The van der Waals surface area contributed by atoms with Gasteiger partial charge in [-0.1, -0.05) is 11.6 Å². The summed E-state index contributed by atoms with van der Waals surface area (Å²) < 4.78 is 0. The molecule has 1 rings (SSSR count). The van der Waals surface area contributed by atoms with Gasteiger partial charge in [0.25, 0.3) is 0 Å².